The van der Waals surface area contributed by atoms with Crippen LogP contribution in [-0.2, 0) is 14.8 Å². The number of hydrogen-bond acceptors (Lipinski definition) is 5. The summed E-state index contributed by atoms with van der Waals surface area (Å²) in [5.74, 6) is -0.541. The number of carbonyl (C=O) groups excluding carboxylic acids is 1. The van der Waals surface area contributed by atoms with Crippen molar-refractivity contribution < 1.29 is 17.9 Å². The summed E-state index contributed by atoms with van der Waals surface area (Å²) in [5.41, 5.74) is 0.531. The van der Waals surface area contributed by atoms with Gasteiger partial charge < -0.3 is 9.72 Å². The third kappa shape index (κ3) is 2.88. The molecule has 1 heterocycles. The second-order valence-electron chi connectivity index (χ2n) is 4.74. The van der Waals surface area contributed by atoms with Gasteiger partial charge in [-0.2, -0.15) is 8.42 Å². The molecular weight excluding hydrogens is 318 g/mol. The first kappa shape index (κ1) is 15.0. The van der Waals surface area contributed by atoms with Crippen LogP contribution in [0.15, 0.2) is 53.9 Å². The van der Waals surface area contributed by atoms with Crippen molar-refractivity contribution in [3.05, 3.63) is 54.4 Å². The first-order chi connectivity index (χ1) is 11.0. The fourth-order valence-electron chi connectivity index (χ4n) is 2.25. The highest BCUT2D eigenvalue weighted by atomic mass is 32.2. The summed E-state index contributed by atoms with van der Waals surface area (Å²) >= 11 is 0. The quantitative estimate of drug-likeness (QED) is 0.713. The van der Waals surface area contributed by atoms with Crippen LogP contribution in [0.25, 0.3) is 10.8 Å². The van der Waals surface area contributed by atoms with Gasteiger partial charge in [0.1, 0.15) is 0 Å². The van der Waals surface area contributed by atoms with E-state index in [2.05, 4.69) is 14.7 Å². The van der Waals surface area contributed by atoms with E-state index in [4.69, 9.17) is 4.74 Å². The summed E-state index contributed by atoms with van der Waals surface area (Å²) in [6, 6.07) is 10.2. The Morgan fingerprint density at radius 2 is 2.04 bits per heavy atom. The number of esters is 1. The van der Waals surface area contributed by atoms with Crippen molar-refractivity contribution in [1.29, 1.82) is 0 Å². The second kappa shape index (κ2) is 5.73. The Morgan fingerprint density at radius 3 is 2.74 bits per heavy atom. The number of ether oxygens (including phenoxy) is 1. The number of rotatable bonds is 4. The molecule has 3 rings (SSSR count). The Morgan fingerprint density at radius 1 is 1.26 bits per heavy atom. The zero-order valence-electron chi connectivity index (χ0n) is 12.1. The molecule has 0 radical (unpaired) electrons. The number of imidazole rings is 1. The molecule has 0 spiro atoms. The lowest BCUT2D eigenvalue weighted by Gasteiger charge is -2.10. The van der Waals surface area contributed by atoms with Crippen LogP contribution >= 0.6 is 0 Å². The predicted octanol–water partition coefficient (Wildman–Crippen LogP) is 2.15. The number of methoxy groups -OCH3 is 1. The third-order valence-electron chi connectivity index (χ3n) is 3.25. The summed E-state index contributed by atoms with van der Waals surface area (Å²) in [6.07, 6.45) is 2.75. The number of hydrogen-bond donors (Lipinski definition) is 2. The van der Waals surface area contributed by atoms with Crippen LogP contribution in [-0.4, -0.2) is 31.5 Å². The van der Waals surface area contributed by atoms with Crippen molar-refractivity contribution in [2.75, 3.05) is 11.8 Å². The lowest BCUT2D eigenvalue weighted by Crippen LogP contribution is -2.15. The van der Waals surface area contributed by atoms with Gasteiger partial charge in [0, 0.05) is 12.4 Å². The van der Waals surface area contributed by atoms with Crippen molar-refractivity contribution in [3.8, 4) is 0 Å². The molecule has 0 amide bonds. The third-order valence-corrected chi connectivity index (χ3v) is 4.48. The number of benzene rings is 2. The average molecular weight is 331 g/mol. The van der Waals surface area contributed by atoms with E-state index < -0.39 is 16.0 Å². The van der Waals surface area contributed by atoms with Gasteiger partial charge in [-0.25, -0.2) is 9.78 Å². The number of fused-ring (bicyclic) bond motifs is 1. The number of aromatic amines is 1. The molecule has 0 fully saturated rings. The van der Waals surface area contributed by atoms with Crippen LogP contribution in [0.4, 0.5) is 5.69 Å². The number of carbonyl (C=O) groups is 1. The van der Waals surface area contributed by atoms with Crippen LogP contribution in [0.1, 0.15) is 10.4 Å². The Balaban J connectivity index is 2.10. The molecule has 7 nitrogen and oxygen atoms in total. The van der Waals surface area contributed by atoms with E-state index in [0.717, 1.165) is 0 Å². The summed E-state index contributed by atoms with van der Waals surface area (Å²) in [4.78, 5) is 18.2. The SMILES string of the molecule is COC(=O)c1cc(NS(=O)(=O)c2ncc[nH]2)cc2ccccc12. The van der Waals surface area contributed by atoms with Gasteiger partial charge in [-0.05, 0) is 22.9 Å². The molecule has 2 aromatic carbocycles. The van der Waals surface area contributed by atoms with E-state index >= 15 is 0 Å². The molecule has 3 aromatic rings. The van der Waals surface area contributed by atoms with Gasteiger partial charge in [0.15, 0.2) is 0 Å². The maximum absolute atomic E-state index is 12.2. The number of sulfonamides is 1. The zero-order valence-corrected chi connectivity index (χ0v) is 12.9. The van der Waals surface area contributed by atoms with Crippen LogP contribution in [0.5, 0.6) is 0 Å². The minimum Gasteiger partial charge on any atom is -0.465 e. The number of H-pyrrole nitrogens is 1. The topological polar surface area (TPSA) is 101 Å². The molecule has 0 aliphatic carbocycles. The highest BCUT2D eigenvalue weighted by Crippen LogP contribution is 2.26. The first-order valence-corrected chi connectivity index (χ1v) is 8.13. The lowest BCUT2D eigenvalue weighted by atomic mass is 10.0. The largest absolute Gasteiger partial charge is 0.465 e. The molecule has 0 aliphatic heterocycles. The second-order valence-corrected chi connectivity index (χ2v) is 6.33. The van der Waals surface area contributed by atoms with Gasteiger partial charge in [0.2, 0.25) is 5.16 Å². The Labute approximate surface area is 132 Å². The van der Waals surface area contributed by atoms with E-state index in [1.165, 1.54) is 25.6 Å². The minimum atomic E-state index is -3.86. The molecule has 0 saturated carbocycles. The van der Waals surface area contributed by atoms with Gasteiger partial charge in [-0.1, -0.05) is 24.3 Å². The summed E-state index contributed by atoms with van der Waals surface area (Å²) in [6.45, 7) is 0. The molecule has 8 heteroatoms. The molecule has 2 N–H and O–H groups in total. The normalized spacial score (nSPS) is 11.3. The molecule has 0 atom stereocenters. The molecule has 0 bridgehead atoms. The monoisotopic (exact) mass is 331 g/mol. The van der Waals surface area contributed by atoms with E-state index in [1.807, 2.05) is 0 Å². The van der Waals surface area contributed by atoms with Crippen molar-refractivity contribution in [1.82, 2.24) is 9.97 Å². The van der Waals surface area contributed by atoms with E-state index in [-0.39, 0.29) is 16.4 Å². The van der Waals surface area contributed by atoms with Gasteiger partial charge in [-0.3, -0.25) is 4.72 Å². The summed E-state index contributed by atoms with van der Waals surface area (Å²) in [7, 11) is -2.58. The number of nitrogens with one attached hydrogen (secondary N) is 2. The lowest BCUT2D eigenvalue weighted by molar-refractivity contribution is 0.0603. The van der Waals surface area contributed by atoms with Gasteiger partial charge in [0.25, 0.3) is 10.0 Å². The van der Waals surface area contributed by atoms with Crippen LogP contribution in [0.2, 0.25) is 0 Å². The average Bonchev–Trinajstić information content (AvgIpc) is 3.08. The van der Waals surface area contributed by atoms with Crippen LogP contribution in [0, 0.1) is 0 Å². The smallest absolute Gasteiger partial charge is 0.338 e. The fraction of sp³-hybridized carbons (Fsp3) is 0.0667. The minimum absolute atomic E-state index is 0.203. The molecule has 0 unspecified atom stereocenters. The van der Waals surface area contributed by atoms with Crippen LogP contribution in [0.3, 0.4) is 0 Å². The van der Waals surface area contributed by atoms with Crippen molar-refractivity contribution in [2.45, 2.75) is 5.16 Å². The molecule has 0 aliphatic rings. The van der Waals surface area contributed by atoms with Crippen molar-refractivity contribution >= 4 is 32.5 Å². The molecule has 0 saturated heterocycles. The van der Waals surface area contributed by atoms with Crippen LogP contribution < -0.4 is 4.72 Å². The number of nitrogens with zero attached hydrogens (tertiary/aromatic N) is 1. The number of anilines is 1. The van der Waals surface area contributed by atoms with E-state index in [1.54, 1.807) is 30.3 Å². The molecule has 23 heavy (non-hydrogen) atoms. The summed E-state index contributed by atoms with van der Waals surface area (Å²) in [5, 5.41) is 1.19. The Kier molecular flexibility index (Phi) is 3.75. The van der Waals surface area contributed by atoms with Gasteiger partial charge >= 0.3 is 5.97 Å². The van der Waals surface area contributed by atoms with Crippen molar-refractivity contribution in [3.63, 3.8) is 0 Å². The first-order valence-electron chi connectivity index (χ1n) is 6.64. The Bertz CT molecular complexity index is 966. The molecule has 118 valence electrons. The predicted molar refractivity (Wildman–Crippen MR) is 84.7 cm³/mol. The Hall–Kier alpha value is -2.87. The molecular formula is C15H13N3O4S. The fourth-order valence-corrected chi connectivity index (χ4v) is 3.20. The maximum atomic E-state index is 12.2. The van der Waals surface area contributed by atoms with Crippen molar-refractivity contribution in [2.24, 2.45) is 0 Å². The maximum Gasteiger partial charge on any atom is 0.338 e. The van der Waals surface area contributed by atoms with Gasteiger partial charge in [-0.15, -0.1) is 0 Å². The van der Waals surface area contributed by atoms with E-state index in [9.17, 15) is 13.2 Å². The van der Waals surface area contributed by atoms with E-state index in [0.29, 0.717) is 10.8 Å². The highest BCUT2D eigenvalue weighted by Gasteiger charge is 2.19. The number of aromatic nitrogens is 2. The summed E-state index contributed by atoms with van der Waals surface area (Å²) < 4.78 is 31.6. The van der Waals surface area contributed by atoms with Gasteiger partial charge in [0.05, 0.1) is 18.4 Å². The standard InChI is InChI=1S/C15H13N3O4S/c1-22-14(19)13-9-11(8-10-4-2-3-5-12(10)13)18-23(20,21)15-16-6-7-17-15/h2-9,18H,1H3,(H,16,17). The highest BCUT2D eigenvalue weighted by molar-refractivity contribution is 7.92. The molecule has 1 aromatic heterocycles. The zero-order chi connectivity index (χ0) is 16.4.